The number of halogens is 1. The highest BCUT2D eigenvalue weighted by Gasteiger charge is 2.19. The van der Waals surface area contributed by atoms with Gasteiger partial charge in [-0.1, -0.05) is 34.1 Å². The fourth-order valence-corrected chi connectivity index (χ4v) is 2.76. The molecule has 6 nitrogen and oxygen atoms in total. The van der Waals surface area contributed by atoms with Gasteiger partial charge in [0.1, 0.15) is 5.56 Å². The number of morpholine rings is 1. The third-order valence-electron chi connectivity index (χ3n) is 3.34. The number of nitrogens with zero attached hydrogens (tertiary/aromatic N) is 2. The van der Waals surface area contributed by atoms with Crippen LogP contribution < -0.4 is 10.5 Å². The standard InChI is InChI=1S/C14H14BrN3O3/c15-10-4-2-1-3-9(10)11-12(19)16-14(17-13(11)20)18-5-7-21-8-6-18/h1-4H,5-8H2,(H2,16,17,19,20). The molecule has 2 heterocycles. The summed E-state index contributed by atoms with van der Waals surface area (Å²) in [6.07, 6.45) is 0. The lowest BCUT2D eigenvalue weighted by atomic mass is 10.1. The normalized spacial score (nSPS) is 15.2. The summed E-state index contributed by atoms with van der Waals surface area (Å²) in [6.45, 7) is 2.43. The van der Waals surface area contributed by atoms with Gasteiger partial charge in [-0.15, -0.1) is 0 Å². The Morgan fingerprint density at radius 1 is 1.29 bits per heavy atom. The van der Waals surface area contributed by atoms with Crippen LogP contribution in [0.2, 0.25) is 0 Å². The summed E-state index contributed by atoms with van der Waals surface area (Å²) < 4.78 is 5.99. The molecule has 3 rings (SSSR count). The maximum absolute atomic E-state index is 12.3. The van der Waals surface area contributed by atoms with Gasteiger partial charge in [-0.05, 0) is 6.07 Å². The Morgan fingerprint density at radius 2 is 2.00 bits per heavy atom. The zero-order valence-corrected chi connectivity index (χ0v) is 12.8. The highest BCUT2D eigenvalue weighted by molar-refractivity contribution is 9.10. The van der Waals surface area contributed by atoms with E-state index in [2.05, 4.69) is 25.9 Å². The number of aromatic amines is 1. The zero-order valence-electron chi connectivity index (χ0n) is 11.2. The predicted octanol–water partition coefficient (Wildman–Crippen LogP) is 1.74. The van der Waals surface area contributed by atoms with Crippen LogP contribution in [0, 0.1) is 0 Å². The minimum absolute atomic E-state index is 0.166. The number of hydrogen-bond donors (Lipinski definition) is 2. The molecule has 21 heavy (non-hydrogen) atoms. The Balaban J connectivity index is 2.05. The lowest BCUT2D eigenvalue weighted by Crippen LogP contribution is -2.38. The molecule has 0 atom stereocenters. The minimum Gasteiger partial charge on any atom is -0.493 e. The van der Waals surface area contributed by atoms with Gasteiger partial charge in [0.25, 0.3) is 5.56 Å². The van der Waals surface area contributed by atoms with Crippen LogP contribution in [0.5, 0.6) is 5.88 Å². The Morgan fingerprint density at radius 3 is 2.67 bits per heavy atom. The number of nitrogens with one attached hydrogen (secondary N) is 1. The molecule has 1 aliphatic heterocycles. The smallest absolute Gasteiger partial charge is 0.264 e. The Labute approximate surface area is 129 Å². The average molecular weight is 352 g/mol. The topological polar surface area (TPSA) is 78.5 Å². The summed E-state index contributed by atoms with van der Waals surface area (Å²) in [6, 6.07) is 7.21. The van der Waals surface area contributed by atoms with Gasteiger partial charge in [-0.25, -0.2) is 0 Å². The maximum Gasteiger partial charge on any atom is 0.264 e. The first-order chi connectivity index (χ1) is 10.2. The van der Waals surface area contributed by atoms with Gasteiger partial charge < -0.3 is 14.7 Å². The molecular weight excluding hydrogens is 338 g/mol. The number of benzene rings is 1. The van der Waals surface area contributed by atoms with Crippen molar-refractivity contribution in [2.45, 2.75) is 0 Å². The number of aromatic nitrogens is 2. The van der Waals surface area contributed by atoms with E-state index in [1.165, 1.54) is 0 Å². The molecule has 110 valence electrons. The van der Waals surface area contributed by atoms with Gasteiger partial charge in [-0.2, -0.15) is 4.98 Å². The van der Waals surface area contributed by atoms with Crippen LogP contribution in [-0.2, 0) is 4.74 Å². The molecule has 1 fully saturated rings. The van der Waals surface area contributed by atoms with Crippen LogP contribution in [0.4, 0.5) is 5.95 Å². The maximum atomic E-state index is 12.3. The Kier molecular flexibility index (Phi) is 3.94. The van der Waals surface area contributed by atoms with Crippen LogP contribution in [0.15, 0.2) is 33.5 Å². The van der Waals surface area contributed by atoms with E-state index >= 15 is 0 Å². The molecule has 7 heteroatoms. The first-order valence-electron chi connectivity index (χ1n) is 6.57. The van der Waals surface area contributed by atoms with Crippen molar-refractivity contribution in [3.05, 3.63) is 39.1 Å². The Bertz CT molecular complexity index is 711. The molecule has 1 saturated heterocycles. The number of hydrogen-bond acceptors (Lipinski definition) is 5. The van der Waals surface area contributed by atoms with Crippen molar-refractivity contribution in [2.24, 2.45) is 0 Å². The second-order valence-electron chi connectivity index (χ2n) is 4.67. The summed E-state index contributed by atoms with van der Waals surface area (Å²) in [5, 5.41) is 10.2. The minimum atomic E-state index is -0.365. The molecule has 1 aromatic heterocycles. The molecule has 2 aromatic rings. The first kappa shape index (κ1) is 14.1. The molecule has 2 N–H and O–H groups in total. The molecule has 0 radical (unpaired) electrons. The quantitative estimate of drug-likeness (QED) is 0.861. The average Bonchev–Trinajstić information content (AvgIpc) is 2.49. The van der Waals surface area contributed by atoms with Crippen LogP contribution in [0.25, 0.3) is 11.1 Å². The third-order valence-corrected chi connectivity index (χ3v) is 4.03. The molecule has 0 unspecified atom stereocenters. The molecule has 1 aromatic carbocycles. The largest absolute Gasteiger partial charge is 0.493 e. The molecule has 0 amide bonds. The highest BCUT2D eigenvalue weighted by Crippen LogP contribution is 2.30. The SMILES string of the molecule is O=c1[nH]c(N2CCOCC2)nc(O)c1-c1ccccc1Br. The third kappa shape index (κ3) is 2.79. The van der Waals surface area contributed by atoms with Gasteiger partial charge in [-0.3, -0.25) is 9.78 Å². The van der Waals surface area contributed by atoms with Crippen molar-refractivity contribution in [3.63, 3.8) is 0 Å². The van der Waals surface area contributed by atoms with Crippen molar-refractivity contribution in [2.75, 3.05) is 31.2 Å². The fourth-order valence-electron chi connectivity index (χ4n) is 2.28. The van der Waals surface area contributed by atoms with E-state index in [1.54, 1.807) is 12.1 Å². The van der Waals surface area contributed by atoms with Crippen molar-refractivity contribution in [1.82, 2.24) is 9.97 Å². The molecule has 1 aliphatic rings. The molecule has 0 spiro atoms. The lowest BCUT2D eigenvalue weighted by Gasteiger charge is -2.27. The second-order valence-corrected chi connectivity index (χ2v) is 5.52. The van der Waals surface area contributed by atoms with Gasteiger partial charge >= 0.3 is 0 Å². The van der Waals surface area contributed by atoms with Crippen molar-refractivity contribution in [3.8, 4) is 17.0 Å². The number of ether oxygens (including phenoxy) is 1. The first-order valence-corrected chi connectivity index (χ1v) is 7.37. The number of rotatable bonds is 2. The zero-order chi connectivity index (χ0) is 14.8. The molecule has 0 saturated carbocycles. The van der Waals surface area contributed by atoms with Gasteiger partial charge in [0.05, 0.1) is 13.2 Å². The van der Waals surface area contributed by atoms with Gasteiger partial charge in [0.2, 0.25) is 11.8 Å². The lowest BCUT2D eigenvalue weighted by molar-refractivity contribution is 0.122. The monoisotopic (exact) mass is 351 g/mol. The van der Waals surface area contributed by atoms with Crippen molar-refractivity contribution < 1.29 is 9.84 Å². The summed E-state index contributed by atoms with van der Waals surface area (Å²) in [5.74, 6) is 0.101. The van der Waals surface area contributed by atoms with E-state index in [0.29, 0.717) is 37.8 Å². The summed E-state index contributed by atoms with van der Waals surface area (Å²) in [5.41, 5.74) is 0.410. The Hall–Kier alpha value is -1.86. The van der Waals surface area contributed by atoms with E-state index in [4.69, 9.17) is 4.74 Å². The highest BCUT2D eigenvalue weighted by atomic mass is 79.9. The van der Waals surface area contributed by atoms with Crippen LogP contribution in [0.3, 0.4) is 0 Å². The second kappa shape index (κ2) is 5.87. The van der Waals surface area contributed by atoms with Gasteiger partial charge in [0.15, 0.2) is 0 Å². The van der Waals surface area contributed by atoms with Crippen LogP contribution in [0.1, 0.15) is 0 Å². The van der Waals surface area contributed by atoms with Gasteiger partial charge in [0, 0.05) is 23.1 Å². The van der Waals surface area contributed by atoms with Crippen LogP contribution >= 0.6 is 15.9 Å². The van der Waals surface area contributed by atoms with E-state index < -0.39 is 0 Å². The predicted molar refractivity (Wildman–Crippen MR) is 82.7 cm³/mol. The van der Waals surface area contributed by atoms with Crippen LogP contribution in [-0.4, -0.2) is 41.4 Å². The molecule has 0 bridgehead atoms. The van der Waals surface area contributed by atoms with Crippen molar-refractivity contribution in [1.29, 1.82) is 0 Å². The fraction of sp³-hybridized carbons (Fsp3) is 0.286. The molecular formula is C14H14BrN3O3. The van der Waals surface area contributed by atoms with E-state index in [9.17, 15) is 9.90 Å². The summed E-state index contributed by atoms with van der Waals surface area (Å²) in [4.78, 5) is 21.1. The number of H-pyrrole nitrogens is 1. The molecule has 0 aliphatic carbocycles. The number of aromatic hydroxyl groups is 1. The van der Waals surface area contributed by atoms with E-state index in [-0.39, 0.29) is 17.0 Å². The summed E-state index contributed by atoms with van der Waals surface area (Å²) in [7, 11) is 0. The van der Waals surface area contributed by atoms with Crippen molar-refractivity contribution >= 4 is 21.9 Å². The van der Waals surface area contributed by atoms with E-state index in [0.717, 1.165) is 4.47 Å². The van der Waals surface area contributed by atoms with E-state index in [1.807, 2.05) is 17.0 Å². The summed E-state index contributed by atoms with van der Waals surface area (Å²) >= 11 is 3.38. The number of anilines is 1.